The van der Waals surface area contributed by atoms with Crippen molar-refractivity contribution in [1.29, 1.82) is 0 Å². The van der Waals surface area contributed by atoms with Gasteiger partial charge in [0.2, 0.25) is 0 Å². The Bertz CT molecular complexity index is 80.1. The Morgan fingerprint density at radius 1 is 0.421 bits per heavy atom. The first-order valence-corrected chi connectivity index (χ1v) is 4.83. The molecule has 1 aliphatic rings. The molecule has 0 amide bonds. The molecule has 0 unspecified atom stereocenters. The van der Waals surface area contributed by atoms with Crippen molar-refractivity contribution in [1.82, 2.24) is 21.3 Å². The van der Waals surface area contributed by atoms with Crippen molar-refractivity contribution in [3.8, 4) is 0 Å². The van der Waals surface area contributed by atoms with E-state index in [1.807, 2.05) is 0 Å². The summed E-state index contributed by atoms with van der Waals surface area (Å²) >= 11 is 0. The van der Waals surface area contributed by atoms with Gasteiger partial charge in [-0.05, 0) is 0 Å². The van der Waals surface area contributed by atoms with Crippen molar-refractivity contribution in [2.75, 3.05) is 52.4 Å². The van der Waals surface area contributed by atoms with E-state index in [0.29, 0.717) is 0 Å². The Labute approximate surface area is 139 Å². The van der Waals surface area contributed by atoms with Crippen molar-refractivity contribution in [3.63, 3.8) is 0 Å². The topological polar surface area (TPSA) is 194 Å². The Hall–Kier alpha value is 0.848. The fraction of sp³-hybridized carbons (Fsp3) is 1.00. The summed E-state index contributed by atoms with van der Waals surface area (Å²) in [4.78, 5) is 0. The fourth-order valence-corrected chi connectivity index (χ4v) is 1.21. The zero-order valence-corrected chi connectivity index (χ0v) is 13.4. The third kappa shape index (κ3) is 32.4. The van der Waals surface area contributed by atoms with Crippen LogP contribution < -0.4 is 21.3 Å². The summed E-state index contributed by atoms with van der Waals surface area (Å²) in [5, 5.41) is 13.4. The smallest absolute Gasteiger partial charge is 2.00 e. The molecule has 0 aliphatic carbocycles. The number of hydrogen-bond acceptors (Lipinski definition) is 4. The van der Waals surface area contributed by atoms with E-state index in [-0.39, 0.29) is 65.5 Å². The van der Waals surface area contributed by atoms with Crippen LogP contribution in [0.15, 0.2) is 0 Å². The fourth-order valence-electron chi connectivity index (χ4n) is 1.21. The Morgan fingerprint density at radius 2 is 0.526 bits per heavy atom. The molecule has 1 aliphatic heterocycles. The van der Waals surface area contributed by atoms with E-state index in [4.69, 9.17) is 0 Å². The largest absolute Gasteiger partial charge is 2.00 e. The SMILES string of the molecule is C1CNCCNCCNCCN1.O.[Cu+2].[Mo].[O-2].[O-2].[O-2].[O-2]. The number of hydrogen-bond donors (Lipinski definition) is 4. The van der Waals surface area contributed by atoms with Gasteiger partial charge in [-0.2, -0.15) is 0 Å². The molecule has 0 bridgehead atoms. The molecule has 0 spiro atoms. The van der Waals surface area contributed by atoms with Crippen LogP contribution in [0.5, 0.6) is 0 Å². The molecule has 1 radical (unpaired) electrons. The van der Waals surface area contributed by atoms with Crippen LogP contribution in [0.4, 0.5) is 0 Å². The minimum Gasteiger partial charge on any atom is -2.00 e. The third-order valence-corrected chi connectivity index (χ3v) is 1.91. The predicted octanol–water partition coefficient (Wildman–Crippen LogP) is -2.95. The van der Waals surface area contributed by atoms with Crippen LogP contribution >= 0.6 is 0 Å². The Morgan fingerprint density at radius 3 is 0.632 bits per heavy atom. The van der Waals surface area contributed by atoms with Crippen molar-refractivity contribution in [3.05, 3.63) is 0 Å². The van der Waals surface area contributed by atoms with Crippen LogP contribution in [0, 0.1) is 0 Å². The van der Waals surface area contributed by atoms with Gasteiger partial charge in [-0.3, -0.25) is 0 Å². The van der Waals surface area contributed by atoms with Gasteiger partial charge in [-0.1, -0.05) is 0 Å². The predicted molar refractivity (Wildman–Crippen MR) is 57.8 cm³/mol. The number of rotatable bonds is 0. The molecular weight excluding hydrogens is 392 g/mol. The van der Waals surface area contributed by atoms with Crippen molar-refractivity contribution < 1.29 is 65.5 Å². The van der Waals surface area contributed by atoms with Crippen molar-refractivity contribution in [2.45, 2.75) is 0 Å². The van der Waals surface area contributed by atoms with Gasteiger partial charge in [-0.15, -0.1) is 0 Å². The molecule has 1 saturated heterocycles. The van der Waals surface area contributed by atoms with E-state index < -0.39 is 0 Å². The first-order valence-electron chi connectivity index (χ1n) is 4.83. The van der Waals surface area contributed by atoms with Gasteiger partial charge in [0.15, 0.2) is 0 Å². The molecule has 0 atom stereocenters. The van der Waals surface area contributed by atoms with Crippen molar-refractivity contribution in [2.24, 2.45) is 0 Å². The monoisotopic (exact) mass is 415 g/mol. The molecule has 0 aromatic rings. The zero-order valence-electron chi connectivity index (χ0n) is 10.5. The third-order valence-electron chi connectivity index (χ3n) is 1.91. The Balaban J connectivity index is -0.0000000411. The summed E-state index contributed by atoms with van der Waals surface area (Å²) in [6.45, 7) is 8.57. The molecular formula is C8H22CuMoN4O5-6. The summed E-state index contributed by atoms with van der Waals surface area (Å²) in [6.07, 6.45) is 0. The van der Waals surface area contributed by atoms with Crippen LogP contribution in [0.3, 0.4) is 0 Å². The molecule has 0 aromatic carbocycles. The first kappa shape index (κ1) is 42.7. The van der Waals surface area contributed by atoms with Crippen LogP contribution in [-0.4, -0.2) is 57.8 Å². The summed E-state index contributed by atoms with van der Waals surface area (Å²) in [7, 11) is 0. The van der Waals surface area contributed by atoms with Crippen LogP contribution in [0.1, 0.15) is 0 Å². The second-order valence-electron chi connectivity index (χ2n) is 3.00. The van der Waals surface area contributed by atoms with E-state index in [1.54, 1.807) is 0 Å². The molecule has 1 fully saturated rings. The van der Waals surface area contributed by atoms with E-state index in [9.17, 15) is 0 Å². The second-order valence-corrected chi connectivity index (χ2v) is 3.00. The molecule has 0 aromatic heterocycles. The van der Waals surface area contributed by atoms with Gasteiger partial charge in [0, 0.05) is 73.4 Å². The molecule has 9 nitrogen and oxygen atoms in total. The summed E-state index contributed by atoms with van der Waals surface area (Å²) in [5.74, 6) is 0. The molecule has 1 rings (SSSR count). The Kier molecular flexibility index (Phi) is 81.8. The molecule has 11 heteroatoms. The maximum Gasteiger partial charge on any atom is 2.00 e. The molecule has 19 heavy (non-hydrogen) atoms. The molecule has 0 saturated carbocycles. The maximum atomic E-state index is 3.36. The first-order chi connectivity index (χ1) is 6.00. The van der Waals surface area contributed by atoms with Gasteiger partial charge in [0.1, 0.15) is 0 Å². The van der Waals surface area contributed by atoms with Gasteiger partial charge >= 0.3 is 17.1 Å². The van der Waals surface area contributed by atoms with Crippen molar-refractivity contribution >= 4 is 0 Å². The molecule has 1 heterocycles. The average Bonchev–Trinajstić information content (AvgIpc) is 2.05. The number of nitrogens with one attached hydrogen (secondary N) is 4. The van der Waals surface area contributed by atoms with Crippen LogP contribution in [0.2, 0.25) is 0 Å². The summed E-state index contributed by atoms with van der Waals surface area (Å²) in [6, 6.07) is 0. The normalized spacial score (nSPS) is 15.2. The molecule has 127 valence electrons. The van der Waals surface area contributed by atoms with Gasteiger partial charge in [-0.25, -0.2) is 0 Å². The standard InChI is InChI=1S/C8H20N4.Cu.Mo.H2O.4O/c1-2-10-5-6-12-8-7-11-4-3-9-1;;;;;;;/h9-12H,1-8H2;;;1H2;;;;/q;+2;;;4*-2. The quantitative estimate of drug-likeness (QED) is 0.308. The van der Waals surface area contributed by atoms with Gasteiger partial charge < -0.3 is 48.6 Å². The van der Waals surface area contributed by atoms with Gasteiger partial charge in [0.25, 0.3) is 0 Å². The van der Waals surface area contributed by atoms with Gasteiger partial charge in [0.05, 0.1) is 0 Å². The minimum atomic E-state index is 0. The minimum absolute atomic E-state index is 0. The van der Waals surface area contributed by atoms with Crippen LogP contribution in [-0.2, 0) is 60.0 Å². The van der Waals surface area contributed by atoms with E-state index in [2.05, 4.69) is 21.3 Å². The zero-order chi connectivity index (χ0) is 8.49. The van der Waals surface area contributed by atoms with Crippen LogP contribution in [0.25, 0.3) is 0 Å². The molecule has 6 N–H and O–H groups in total. The maximum absolute atomic E-state index is 3.36. The summed E-state index contributed by atoms with van der Waals surface area (Å²) < 4.78 is 0. The van der Waals surface area contributed by atoms with E-state index in [0.717, 1.165) is 52.4 Å². The van der Waals surface area contributed by atoms with E-state index >= 15 is 0 Å². The second kappa shape index (κ2) is 36.4. The van der Waals surface area contributed by atoms with E-state index in [1.165, 1.54) is 0 Å². The average molecular weight is 414 g/mol. The summed E-state index contributed by atoms with van der Waals surface area (Å²) in [5.41, 5.74) is 0.